The van der Waals surface area contributed by atoms with Crippen molar-refractivity contribution in [1.82, 2.24) is 9.88 Å². The molecule has 1 atom stereocenters. The van der Waals surface area contributed by atoms with E-state index < -0.39 is 0 Å². The molecule has 152 valence electrons. The Labute approximate surface area is 172 Å². The van der Waals surface area contributed by atoms with Gasteiger partial charge in [0.25, 0.3) is 0 Å². The molecule has 0 saturated heterocycles. The number of carbonyl (C=O) groups is 1. The van der Waals surface area contributed by atoms with Gasteiger partial charge in [0.2, 0.25) is 6.41 Å². The molecular weight excluding hydrogens is 360 g/mol. The lowest BCUT2D eigenvalue weighted by Crippen LogP contribution is -2.35. The van der Waals surface area contributed by atoms with Crippen molar-refractivity contribution in [2.75, 3.05) is 13.7 Å². The normalized spacial score (nSPS) is 16.1. The third kappa shape index (κ3) is 3.64. The fourth-order valence-electron chi connectivity index (χ4n) is 4.72. The van der Waals surface area contributed by atoms with Crippen molar-refractivity contribution in [2.45, 2.75) is 52.0 Å². The van der Waals surface area contributed by atoms with Crippen LogP contribution in [0.2, 0.25) is 0 Å². The van der Waals surface area contributed by atoms with Gasteiger partial charge in [0.05, 0.1) is 13.2 Å². The van der Waals surface area contributed by atoms with Crippen molar-refractivity contribution in [3.05, 3.63) is 64.3 Å². The molecule has 1 aromatic heterocycles. The summed E-state index contributed by atoms with van der Waals surface area (Å²) in [4.78, 5) is 17.3. The van der Waals surface area contributed by atoms with Crippen LogP contribution in [-0.2, 0) is 30.5 Å². The summed E-state index contributed by atoms with van der Waals surface area (Å²) in [5.41, 5.74) is 7.94. The van der Waals surface area contributed by atoms with Crippen LogP contribution in [-0.4, -0.2) is 29.9 Å². The van der Waals surface area contributed by atoms with Crippen LogP contribution in [0.4, 0.5) is 0 Å². The Morgan fingerprint density at radius 1 is 1.17 bits per heavy atom. The predicted octanol–water partition coefficient (Wildman–Crippen LogP) is 4.99. The maximum atomic E-state index is 11.9. The number of methoxy groups -OCH3 is 1. The van der Waals surface area contributed by atoms with Crippen LogP contribution in [0.1, 0.15) is 54.1 Å². The summed E-state index contributed by atoms with van der Waals surface area (Å²) in [5.74, 6) is 0.854. The number of fused-ring (bicyclic) bond motifs is 2. The van der Waals surface area contributed by atoms with Gasteiger partial charge in [0, 0.05) is 23.6 Å². The summed E-state index contributed by atoms with van der Waals surface area (Å²) >= 11 is 0. The molecule has 0 spiro atoms. The number of H-pyrrole nitrogens is 1. The number of aromatic amines is 1. The van der Waals surface area contributed by atoms with Gasteiger partial charge >= 0.3 is 0 Å². The summed E-state index contributed by atoms with van der Waals surface area (Å²) in [7, 11) is 1.69. The average Bonchev–Trinajstić information content (AvgIpc) is 3.15. The van der Waals surface area contributed by atoms with E-state index in [2.05, 4.69) is 49.3 Å². The lowest BCUT2D eigenvalue weighted by molar-refractivity contribution is -0.120. The maximum absolute atomic E-state index is 11.9. The predicted molar refractivity (Wildman–Crippen MR) is 118 cm³/mol. The van der Waals surface area contributed by atoms with Crippen molar-refractivity contribution >= 4 is 17.3 Å². The Balaban J connectivity index is 1.77. The quantitative estimate of drug-likeness (QED) is 0.578. The van der Waals surface area contributed by atoms with Crippen molar-refractivity contribution < 1.29 is 9.53 Å². The molecule has 1 N–H and O–H groups in total. The van der Waals surface area contributed by atoms with Crippen LogP contribution in [0.25, 0.3) is 10.9 Å². The van der Waals surface area contributed by atoms with Gasteiger partial charge in [0.15, 0.2) is 0 Å². The number of rotatable bonds is 7. The number of benzene rings is 2. The Kier molecular flexibility index (Phi) is 5.61. The second kappa shape index (κ2) is 8.32. The topological polar surface area (TPSA) is 45.3 Å². The van der Waals surface area contributed by atoms with Gasteiger partial charge in [-0.3, -0.25) is 4.79 Å². The SMILES string of the molecule is CCCc1cc2c(cc1CC)CCN(C=O)C2Cc1c[nH]c2ccc(OC)cc12. The standard InChI is InChI=1S/C25H30N2O2/c1-4-6-18-12-23-19(11-17(18)5-2)9-10-27(16-28)25(23)13-20-15-26-24-8-7-21(29-3)14-22(20)24/h7-8,11-12,14-16,25-26H,4-6,9-10,13H2,1-3H3. The lowest BCUT2D eigenvalue weighted by Gasteiger charge is -2.36. The fraction of sp³-hybridized carbons (Fsp3) is 0.400. The summed E-state index contributed by atoms with van der Waals surface area (Å²) in [6, 6.07) is 11.0. The molecule has 4 heteroatoms. The maximum Gasteiger partial charge on any atom is 0.210 e. The highest BCUT2D eigenvalue weighted by molar-refractivity contribution is 5.84. The molecule has 29 heavy (non-hydrogen) atoms. The Bertz CT molecular complexity index is 1020. The first kappa shape index (κ1) is 19.6. The van der Waals surface area contributed by atoms with E-state index in [9.17, 15) is 4.79 Å². The third-order valence-corrected chi connectivity index (χ3v) is 6.28. The summed E-state index contributed by atoms with van der Waals surface area (Å²) in [6.45, 7) is 5.24. The average molecular weight is 391 g/mol. The fourth-order valence-corrected chi connectivity index (χ4v) is 4.72. The number of aromatic nitrogens is 1. The molecular formula is C25H30N2O2. The van der Waals surface area contributed by atoms with Crippen molar-refractivity contribution in [3.63, 3.8) is 0 Å². The zero-order chi connectivity index (χ0) is 20.4. The number of hydrogen-bond acceptors (Lipinski definition) is 2. The Morgan fingerprint density at radius 2 is 2.03 bits per heavy atom. The Hall–Kier alpha value is -2.75. The number of carbonyl (C=O) groups excluding carboxylic acids is 1. The van der Waals surface area contributed by atoms with E-state index in [0.717, 1.165) is 56.3 Å². The highest BCUT2D eigenvalue weighted by Gasteiger charge is 2.28. The van der Waals surface area contributed by atoms with Gasteiger partial charge in [-0.2, -0.15) is 0 Å². The zero-order valence-electron chi connectivity index (χ0n) is 17.6. The molecule has 1 aliphatic rings. The zero-order valence-corrected chi connectivity index (χ0v) is 17.6. The van der Waals surface area contributed by atoms with Gasteiger partial charge < -0.3 is 14.6 Å². The van der Waals surface area contributed by atoms with Crippen LogP contribution < -0.4 is 4.74 Å². The highest BCUT2D eigenvalue weighted by Crippen LogP contribution is 2.36. The van der Waals surface area contributed by atoms with E-state index in [-0.39, 0.29) is 6.04 Å². The summed E-state index contributed by atoms with van der Waals surface area (Å²) in [5, 5.41) is 1.17. The van der Waals surface area contributed by atoms with Crippen LogP contribution in [0.5, 0.6) is 5.75 Å². The molecule has 3 aromatic rings. The first-order valence-corrected chi connectivity index (χ1v) is 10.7. The van der Waals surface area contributed by atoms with Gasteiger partial charge in [0.1, 0.15) is 5.75 Å². The van der Waals surface area contributed by atoms with E-state index in [4.69, 9.17) is 4.74 Å². The summed E-state index contributed by atoms with van der Waals surface area (Å²) < 4.78 is 5.42. The molecule has 1 unspecified atom stereocenters. The van der Waals surface area contributed by atoms with Crippen LogP contribution in [0.15, 0.2) is 36.5 Å². The highest BCUT2D eigenvalue weighted by atomic mass is 16.5. The Morgan fingerprint density at radius 3 is 2.76 bits per heavy atom. The lowest BCUT2D eigenvalue weighted by atomic mass is 9.84. The van der Waals surface area contributed by atoms with Crippen LogP contribution in [0.3, 0.4) is 0 Å². The second-order valence-corrected chi connectivity index (χ2v) is 7.96. The molecule has 0 radical (unpaired) electrons. The number of ether oxygens (including phenoxy) is 1. The molecule has 1 amide bonds. The minimum absolute atomic E-state index is 0.0722. The molecule has 2 heterocycles. The number of nitrogens with zero attached hydrogens (tertiary/aromatic N) is 1. The first-order chi connectivity index (χ1) is 14.2. The van der Waals surface area contributed by atoms with Crippen molar-refractivity contribution in [2.24, 2.45) is 0 Å². The van der Waals surface area contributed by atoms with Crippen LogP contribution >= 0.6 is 0 Å². The van der Waals surface area contributed by atoms with Gasteiger partial charge in [-0.15, -0.1) is 0 Å². The molecule has 0 aliphatic carbocycles. The van der Waals surface area contributed by atoms with E-state index in [1.54, 1.807) is 7.11 Å². The molecule has 4 nitrogen and oxygen atoms in total. The van der Waals surface area contributed by atoms with Gasteiger partial charge in [-0.1, -0.05) is 32.4 Å². The molecule has 0 fully saturated rings. The molecule has 0 saturated carbocycles. The number of aryl methyl sites for hydroxylation is 2. The second-order valence-electron chi connectivity index (χ2n) is 7.96. The largest absolute Gasteiger partial charge is 0.497 e. The molecule has 4 rings (SSSR count). The van der Waals surface area contributed by atoms with Crippen molar-refractivity contribution in [3.8, 4) is 5.75 Å². The number of nitrogens with one attached hydrogen (secondary N) is 1. The van der Waals surface area contributed by atoms with Gasteiger partial charge in [-0.05, 0) is 71.7 Å². The summed E-state index contributed by atoms with van der Waals surface area (Å²) in [6.07, 6.45) is 8.13. The smallest absolute Gasteiger partial charge is 0.210 e. The number of amides is 1. The monoisotopic (exact) mass is 390 g/mol. The molecule has 0 bridgehead atoms. The van der Waals surface area contributed by atoms with E-state index >= 15 is 0 Å². The van der Waals surface area contributed by atoms with E-state index in [1.807, 2.05) is 11.0 Å². The van der Waals surface area contributed by atoms with E-state index in [0.29, 0.717) is 0 Å². The van der Waals surface area contributed by atoms with E-state index in [1.165, 1.54) is 33.2 Å². The number of hydrogen-bond donors (Lipinski definition) is 1. The third-order valence-electron chi connectivity index (χ3n) is 6.28. The first-order valence-electron chi connectivity index (χ1n) is 10.7. The van der Waals surface area contributed by atoms with Crippen LogP contribution in [0, 0.1) is 0 Å². The van der Waals surface area contributed by atoms with Crippen molar-refractivity contribution in [1.29, 1.82) is 0 Å². The molecule has 2 aromatic carbocycles. The minimum Gasteiger partial charge on any atom is -0.497 e. The van der Waals surface area contributed by atoms with Gasteiger partial charge in [-0.25, -0.2) is 0 Å². The molecule has 1 aliphatic heterocycles. The minimum atomic E-state index is 0.0722.